The minimum atomic E-state index is 0.334. The van der Waals surface area contributed by atoms with Gasteiger partial charge in [0.15, 0.2) is 0 Å². The van der Waals surface area contributed by atoms with Crippen molar-refractivity contribution in [2.45, 2.75) is 31.8 Å². The second-order valence-corrected chi connectivity index (χ2v) is 4.93. The summed E-state index contributed by atoms with van der Waals surface area (Å²) in [6, 6.07) is 5.15. The molecule has 0 unspecified atom stereocenters. The first-order valence-electron chi connectivity index (χ1n) is 5.36. The number of thiophene rings is 1. The highest BCUT2D eigenvalue weighted by Crippen LogP contribution is 2.33. The zero-order valence-electron chi connectivity index (χ0n) is 8.65. The van der Waals surface area contributed by atoms with Gasteiger partial charge in [-0.25, -0.2) is 0 Å². The number of rotatable bonds is 3. The molecular formula is C11H18N2S. The molecule has 1 aromatic heterocycles. The quantitative estimate of drug-likeness (QED) is 0.829. The molecule has 2 nitrogen and oxygen atoms in total. The summed E-state index contributed by atoms with van der Waals surface area (Å²) >= 11 is 1.83. The lowest BCUT2D eigenvalue weighted by Gasteiger charge is -2.25. The molecule has 2 heterocycles. The van der Waals surface area contributed by atoms with E-state index in [2.05, 4.69) is 29.3 Å². The molecule has 1 aliphatic rings. The maximum Gasteiger partial charge on any atom is 0.0593 e. The molecule has 1 aliphatic heterocycles. The fraction of sp³-hybridized carbons (Fsp3) is 0.636. The standard InChI is InChI=1S/C11H18N2S/c1-2-6-13-7-5-9(12)11(13)10-4-3-8-14-10/h3-4,8-9,11H,2,5-7,12H2,1H3/t9-,11-/m0/s1. The zero-order valence-corrected chi connectivity index (χ0v) is 9.46. The zero-order chi connectivity index (χ0) is 9.97. The van der Waals surface area contributed by atoms with E-state index >= 15 is 0 Å². The Morgan fingerprint density at radius 2 is 2.50 bits per heavy atom. The van der Waals surface area contributed by atoms with Crippen LogP contribution in [-0.4, -0.2) is 24.0 Å². The highest BCUT2D eigenvalue weighted by molar-refractivity contribution is 7.10. The van der Waals surface area contributed by atoms with Crippen LogP contribution in [0.4, 0.5) is 0 Å². The molecule has 2 atom stereocenters. The molecule has 78 valence electrons. The normalized spacial score (nSPS) is 28.4. The fourth-order valence-corrected chi connectivity index (χ4v) is 3.21. The van der Waals surface area contributed by atoms with Gasteiger partial charge < -0.3 is 5.73 Å². The summed E-state index contributed by atoms with van der Waals surface area (Å²) in [5.41, 5.74) is 6.16. The molecule has 0 aromatic carbocycles. The Morgan fingerprint density at radius 1 is 1.64 bits per heavy atom. The van der Waals surface area contributed by atoms with Crippen LogP contribution in [0.5, 0.6) is 0 Å². The van der Waals surface area contributed by atoms with Gasteiger partial charge in [-0.05, 0) is 30.8 Å². The number of likely N-dealkylation sites (tertiary alicyclic amines) is 1. The Hall–Kier alpha value is -0.380. The van der Waals surface area contributed by atoms with Crippen LogP contribution in [0.2, 0.25) is 0 Å². The van der Waals surface area contributed by atoms with E-state index < -0.39 is 0 Å². The maximum atomic E-state index is 6.16. The second kappa shape index (κ2) is 4.43. The van der Waals surface area contributed by atoms with Crippen molar-refractivity contribution in [3.8, 4) is 0 Å². The predicted octanol–water partition coefficient (Wildman–Crippen LogP) is 2.23. The molecule has 0 aliphatic carbocycles. The smallest absolute Gasteiger partial charge is 0.0593 e. The molecule has 0 saturated carbocycles. The van der Waals surface area contributed by atoms with Crippen LogP contribution in [0.3, 0.4) is 0 Å². The van der Waals surface area contributed by atoms with Gasteiger partial charge >= 0.3 is 0 Å². The Balaban J connectivity index is 2.13. The third-order valence-electron chi connectivity index (χ3n) is 2.89. The van der Waals surface area contributed by atoms with E-state index in [0.29, 0.717) is 12.1 Å². The van der Waals surface area contributed by atoms with E-state index in [1.54, 1.807) is 0 Å². The highest BCUT2D eigenvalue weighted by atomic mass is 32.1. The van der Waals surface area contributed by atoms with Crippen molar-refractivity contribution < 1.29 is 0 Å². The van der Waals surface area contributed by atoms with Crippen molar-refractivity contribution in [3.63, 3.8) is 0 Å². The maximum absolute atomic E-state index is 6.16. The Morgan fingerprint density at radius 3 is 3.14 bits per heavy atom. The van der Waals surface area contributed by atoms with Crippen LogP contribution in [0.25, 0.3) is 0 Å². The monoisotopic (exact) mass is 210 g/mol. The molecule has 0 radical (unpaired) electrons. The lowest BCUT2D eigenvalue weighted by atomic mass is 10.1. The van der Waals surface area contributed by atoms with Crippen molar-refractivity contribution in [2.75, 3.05) is 13.1 Å². The topological polar surface area (TPSA) is 29.3 Å². The first-order chi connectivity index (χ1) is 6.83. The van der Waals surface area contributed by atoms with Crippen LogP contribution in [0, 0.1) is 0 Å². The second-order valence-electron chi connectivity index (χ2n) is 3.95. The van der Waals surface area contributed by atoms with Gasteiger partial charge in [-0.15, -0.1) is 11.3 Å². The number of nitrogens with zero attached hydrogens (tertiary/aromatic N) is 1. The number of hydrogen-bond acceptors (Lipinski definition) is 3. The highest BCUT2D eigenvalue weighted by Gasteiger charge is 2.32. The van der Waals surface area contributed by atoms with Gasteiger partial charge in [0.25, 0.3) is 0 Å². The summed E-state index contributed by atoms with van der Waals surface area (Å²) in [4.78, 5) is 3.96. The summed E-state index contributed by atoms with van der Waals surface area (Å²) in [5.74, 6) is 0. The third-order valence-corrected chi connectivity index (χ3v) is 3.84. The molecule has 2 N–H and O–H groups in total. The summed E-state index contributed by atoms with van der Waals surface area (Å²) in [7, 11) is 0. The lowest BCUT2D eigenvalue weighted by Crippen LogP contribution is -2.31. The molecule has 14 heavy (non-hydrogen) atoms. The van der Waals surface area contributed by atoms with Crippen LogP contribution in [-0.2, 0) is 0 Å². The van der Waals surface area contributed by atoms with E-state index in [1.807, 2.05) is 11.3 Å². The van der Waals surface area contributed by atoms with Crippen LogP contribution in [0.1, 0.15) is 30.7 Å². The molecule has 1 aromatic rings. The molecule has 0 amide bonds. The van der Waals surface area contributed by atoms with Gasteiger partial charge in [0.2, 0.25) is 0 Å². The number of hydrogen-bond donors (Lipinski definition) is 1. The predicted molar refractivity (Wildman–Crippen MR) is 61.5 cm³/mol. The van der Waals surface area contributed by atoms with Crippen molar-refractivity contribution in [2.24, 2.45) is 5.73 Å². The Bertz CT molecular complexity index is 269. The third kappa shape index (κ3) is 1.85. The molecule has 0 spiro atoms. The van der Waals surface area contributed by atoms with Gasteiger partial charge in [-0.3, -0.25) is 4.90 Å². The summed E-state index contributed by atoms with van der Waals surface area (Å²) < 4.78 is 0. The summed E-state index contributed by atoms with van der Waals surface area (Å²) in [6.45, 7) is 4.57. The molecule has 3 heteroatoms. The minimum Gasteiger partial charge on any atom is -0.326 e. The lowest BCUT2D eigenvalue weighted by molar-refractivity contribution is 0.251. The average molecular weight is 210 g/mol. The molecule has 2 rings (SSSR count). The van der Waals surface area contributed by atoms with Crippen LogP contribution < -0.4 is 5.73 Å². The molecular weight excluding hydrogens is 192 g/mol. The van der Waals surface area contributed by atoms with Crippen LogP contribution >= 0.6 is 11.3 Å². The van der Waals surface area contributed by atoms with Crippen molar-refractivity contribution >= 4 is 11.3 Å². The van der Waals surface area contributed by atoms with Gasteiger partial charge in [-0.1, -0.05) is 13.0 Å². The van der Waals surface area contributed by atoms with Gasteiger partial charge in [0, 0.05) is 17.5 Å². The van der Waals surface area contributed by atoms with Gasteiger partial charge in [-0.2, -0.15) is 0 Å². The largest absolute Gasteiger partial charge is 0.326 e. The first kappa shape index (κ1) is 10.1. The van der Waals surface area contributed by atoms with E-state index in [0.717, 1.165) is 13.0 Å². The summed E-state index contributed by atoms with van der Waals surface area (Å²) in [6.07, 6.45) is 2.36. The van der Waals surface area contributed by atoms with E-state index in [4.69, 9.17) is 5.73 Å². The van der Waals surface area contributed by atoms with Crippen molar-refractivity contribution in [3.05, 3.63) is 22.4 Å². The Labute approximate surface area is 89.7 Å². The van der Waals surface area contributed by atoms with Crippen molar-refractivity contribution in [1.82, 2.24) is 4.90 Å². The van der Waals surface area contributed by atoms with Gasteiger partial charge in [0.1, 0.15) is 0 Å². The molecule has 1 fully saturated rings. The fourth-order valence-electron chi connectivity index (χ4n) is 2.27. The SMILES string of the molecule is CCCN1CC[C@H](N)[C@H]1c1cccs1. The van der Waals surface area contributed by atoms with E-state index in [-0.39, 0.29) is 0 Å². The molecule has 0 bridgehead atoms. The number of nitrogens with two attached hydrogens (primary N) is 1. The van der Waals surface area contributed by atoms with Crippen molar-refractivity contribution in [1.29, 1.82) is 0 Å². The van der Waals surface area contributed by atoms with E-state index in [9.17, 15) is 0 Å². The Kier molecular flexibility index (Phi) is 3.21. The minimum absolute atomic E-state index is 0.334. The summed E-state index contributed by atoms with van der Waals surface area (Å²) in [5, 5.41) is 2.14. The van der Waals surface area contributed by atoms with Crippen LogP contribution in [0.15, 0.2) is 17.5 Å². The molecule has 1 saturated heterocycles. The first-order valence-corrected chi connectivity index (χ1v) is 6.24. The van der Waals surface area contributed by atoms with E-state index in [1.165, 1.54) is 17.8 Å². The van der Waals surface area contributed by atoms with Gasteiger partial charge in [0.05, 0.1) is 6.04 Å². The average Bonchev–Trinajstić information content (AvgIpc) is 2.76.